The molecular formula is C25H27NO6. The van der Waals surface area contributed by atoms with E-state index in [4.69, 9.17) is 9.47 Å². The number of phenolic OH excluding ortho intramolecular Hbond substituents is 1. The van der Waals surface area contributed by atoms with E-state index in [-0.39, 0.29) is 23.1 Å². The number of likely N-dealkylation sites (tertiary alicyclic amines) is 1. The van der Waals surface area contributed by atoms with Gasteiger partial charge in [0, 0.05) is 11.6 Å². The molecule has 1 aliphatic heterocycles. The Balaban J connectivity index is 1.87. The molecule has 0 radical (unpaired) electrons. The number of aliphatic hydroxyl groups is 1. The van der Waals surface area contributed by atoms with Crippen LogP contribution in [0.4, 0.5) is 0 Å². The molecule has 0 spiro atoms. The van der Waals surface area contributed by atoms with Crippen molar-refractivity contribution in [1.82, 2.24) is 4.90 Å². The van der Waals surface area contributed by atoms with Crippen molar-refractivity contribution < 1.29 is 29.3 Å². The Kier molecular flexibility index (Phi) is 6.08. The van der Waals surface area contributed by atoms with Crippen molar-refractivity contribution >= 4 is 17.4 Å². The zero-order valence-electron chi connectivity index (χ0n) is 18.2. The smallest absolute Gasteiger partial charge is 0.295 e. The van der Waals surface area contributed by atoms with E-state index in [0.717, 1.165) is 32.1 Å². The third-order valence-electron chi connectivity index (χ3n) is 6.31. The first-order chi connectivity index (χ1) is 15.5. The quantitative estimate of drug-likeness (QED) is 0.414. The zero-order chi connectivity index (χ0) is 22.8. The number of Topliss-reactive ketones (excluding diaryl/α,β-unsaturated/α-hetero) is 1. The first-order valence-corrected chi connectivity index (χ1v) is 10.8. The minimum atomic E-state index is -0.730. The molecule has 2 fully saturated rings. The van der Waals surface area contributed by atoms with Gasteiger partial charge in [0.1, 0.15) is 11.5 Å². The molecule has 2 aliphatic rings. The monoisotopic (exact) mass is 437 g/mol. The van der Waals surface area contributed by atoms with E-state index in [1.807, 2.05) is 0 Å². The SMILES string of the molecule is COc1ccc(/C(O)=C2/C(=O)C(=O)N(C3CCCCC3)C2c2ccc(O)cc2)cc1OC. The summed E-state index contributed by atoms with van der Waals surface area (Å²) in [6, 6.07) is 10.4. The number of hydrogen-bond donors (Lipinski definition) is 2. The molecule has 168 valence electrons. The maximum Gasteiger partial charge on any atom is 0.295 e. The van der Waals surface area contributed by atoms with Gasteiger partial charge in [-0.15, -0.1) is 0 Å². The molecule has 1 aliphatic carbocycles. The third kappa shape index (κ3) is 3.79. The summed E-state index contributed by atoms with van der Waals surface area (Å²) in [5, 5.41) is 21.0. The second kappa shape index (κ2) is 8.94. The highest BCUT2D eigenvalue weighted by Gasteiger charge is 2.48. The summed E-state index contributed by atoms with van der Waals surface area (Å²) in [6.45, 7) is 0. The number of benzene rings is 2. The van der Waals surface area contributed by atoms with Gasteiger partial charge in [-0.25, -0.2) is 0 Å². The standard InChI is InChI=1S/C25H27NO6/c1-31-19-13-10-16(14-20(19)32-2)23(28)21-22(15-8-11-18(27)12-9-15)26(25(30)24(21)29)17-6-4-3-5-7-17/h8-14,17,22,27-28H,3-7H2,1-2H3/b23-21-. The average Bonchev–Trinajstić information content (AvgIpc) is 3.09. The van der Waals surface area contributed by atoms with Crippen molar-refractivity contribution in [2.75, 3.05) is 14.2 Å². The number of phenols is 1. The van der Waals surface area contributed by atoms with Gasteiger partial charge in [0.2, 0.25) is 0 Å². The lowest BCUT2D eigenvalue weighted by molar-refractivity contribution is -0.141. The molecule has 7 nitrogen and oxygen atoms in total. The maximum atomic E-state index is 13.2. The molecule has 1 saturated carbocycles. The van der Waals surface area contributed by atoms with Crippen LogP contribution in [0.5, 0.6) is 17.2 Å². The Labute approximate surface area is 186 Å². The Hall–Kier alpha value is -3.48. The molecule has 1 heterocycles. The Morgan fingerprint density at radius 2 is 1.59 bits per heavy atom. The van der Waals surface area contributed by atoms with Gasteiger partial charge in [0.25, 0.3) is 11.7 Å². The van der Waals surface area contributed by atoms with Gasteiger partial charge in [0.05, 0.1) is 25.8 Å². The van der Waals surface area contributed by atoms with E-state index in [2.05, 4.69) is 0 Å². The van der Waals surface area contributed by atoms with E-state index in [0.29, 0.717) is 22.6 Å². The fourth-order valence-electron chi connectivity index (χ4n) is 4.71. The number of aromatic hydroxyl groups is 1. The highest BCUT2D eigenvalue weighted by atomic mass is 16.5. The lowest BCUT2D eigenvalue weighted by Gasteiger charge is -2.35. The number of amides is 1. The minimum absolute atomic E-state index is 0.0403. The molecule has 0 bridgehead atoms. The lowest BCUT2D eigenvalue weighted by Crippen LogP contribution is -2.40. The van der Waals surface area contributed by atoms with E-state index in [1.165, 1.54) is 26.4 Å². The number of carbonyl (C=O) groups is 2. The second-order valence-electron chi connectivity index (χ2n) is 8.16. The van der Waals surface area contributed by atoms with Crippen LogP contribution >= 0.6 is 0 Å². The molecule has 7 heteroatoms. The van der Waals surface area contributed by atoms with Crippen LogP contribution in [0.15, 0.2) is 48.0 Å². The van der Waals surface area contributed by atoms with Gasteiger partial charge in [-0.1, -0.05) is 31.4 Å². The van der Waals surface area contributed by atoms with E-state index in [9.17, 15) is 19.8 Å². The largest absolute Gasteiger partial charge is 0.508 e. The van der Waals surface area contributed by atoms with Gasteiger partial charge in [-0.2, -0.15) is 0 Å². The zero-order valence-corrected chi connectivity index (χ0v) is 18.2. The van der Waals surface area contributed by atoms with Crippen molar-refractivity contribution in [3.8, 4) is 17.2 Å². The number of nitrogens with zero attached hydrogens (tertiary/aromatic N) is 1. The topological polar surface area (TPSA) is 96.3 Å². The van der Waals surface area contributed by atoms with Crippen molar-refractivity contribution in [2.45, 2.75) is 44.2 Å². The van der Waals surface area contributed by atoms with Crippen LogP contribution in [0.2, 0.25) is 0 Å². The summed E-state index contributed by atoms with van der Waals surface area (Å²) in [5.41, 5.74) is 1.06. The first kappa shape index (κ1) is 21.7. The van der Waals surface area contributed by atoms with Crippen LogP contribution in [0.25, 0.3) is 5.76 Å². The third-order valence-corrected chi connectivity index (χ3v) is 6.31. The van der Waals surface area contributed by atoms with Crippen molar-refractivity contribution in [3.63, 3.8) is 0 Å². The average molecular weight is 437 g/mol. The highest BCUT2D eigenvalue weighted by Crippen LogP contribution is 2.44. The molecule has 0 aromatic heterocycles. The normalized spacial score (nSPS) is 21.1. The molecule has 2 aromatic carbocycles. The summed E-state index contributed by atoms with van der Waals surface area (Å²) in [4.78, 5) is 28.0. The van der Waals surface area contributed by atoms with Crippen LogP contribution in [0, 0.1) is 0 Å². The van der Waals surface area contributed by atoms with Crippen LogP contribution in [-0.2, 0) is 9.59 Å². The summed E-state index contributed by atoms with van der Waals surface area (Å²) >= 11 is 0. The number of methoxy groups -OCH3 is 2. The molecule has 1 saturated heterocycles. The van der Waals surface area contributed by atoms with E-state index in [1.54, 1.807) is 35.2 Å². The molecule has 4 rings (SSSR count). The summed E-state index contributed by atoms with van der Waals surface area (Å²) in [6.07, 6.45) is 4.73. The van der Waals surface area contributed by atoms with Crippen LogP contribution in [-0.4, -0.2) is 47.1 Å². The Morgan fingerprint density at radius 1 is 0.938 bits per heavy atom. The first-order valence-electron chi connectivity index (χ1n) is 10.8. The maximum absolute atomic E-state index is 13.2. The van der Waals surface area contributed by atoms with Crippen molar-refractivity contribution in [2.24, 2.45) is 0 Å². The van der Waals surface area contributed by atoms with Crippen molar-refractivity contribution in [1.29, 1.82) is 0 Å². The Bertz CT molecular complexity index is 1050. The second-order valence-corrected chi connectivity index (χ2v) is 8.16. The van der Waals surface area contributed by atoms with Crippen LogP contribution in [0.1, 0.15) is 49.3 Å². The molecule has 1 atom stereocenters. The number of ketones is 1. The van der Waals surface area contributed by atoms with Crippen molar-refractivity contribution in [3.05, 3.63) is 59.2 Å². The van der Waals surface area contributed by atoms with Gasteiger partial charge < -0.3 is 24.6 Å². The predicted octanol–water partition coefficient (Wildman–Crippen LogP) is 4.16. The number of carbonyl (C=O) groups excluding carboxylic acids is 2. The molecule has 1 unspecified atom stereocenters. The summed E-state index contributed by atoms with van der Waals surface area (Å²) in [7, 11) is 3.00. The van der Waals surface area contributed by atoms with Gasteiger partial charge in [-0.05, 0) is 48.7 Å². The van der Waals surface area contributed by atoms with E-state index < -0.39 is 17.7 Å². The number of ether oxygens (including phenoxy) is 2. The highest BCUT2D eigenvalue weighted by molar-refractivity contribution is 6.46. The van der Waals surface area contributed by atoms with Gasteiger partial charge in [-0.3, -0.25) is 9.59 Å². The van der Waals surface area contributed by atoms with E-state index >= 15 is 0 Å². The molecular weight excluding hydrogens is 410 g/mol. The predicted molar refractivity (Wildman–Crippen MR) is 119 cm³/mol. The Morgan fingerprint density at radius 3 is 2.22 bits per heavy atom. The molecule has 32 heavy (non-hydrogen) atoms. The molecule has 1 amide bonds. The van der Waals surface area contributed by atoms with Gasteiger partial charge in [0.15, 0.2) is 11.5 Å². The van der Waals surface area contributed by atoms with Crippen LogP contribution in [0.3, 0.4) is 0 Å². The number of aliphatic hydroxyl groups excluding tert-OH is 1. The lowest BCUT2D eigenvalue weighted by atomic mass is 9.91. The van der Waals surface area contributed by atoms with Gasteiger partial charge >= 0.3 is 0 Å². The summed E-state index contributed by atoms with van der Waals surface area (Å²) < 4.78 is 10.6. The fourth-order valence-corrected chi connectivity index (χ4v) is 4.71. The number of hydrogen-bond acceptors (Lipinski definition) is 6. The number of rotatable bonds is 5. The minimum Gasteiger partial charge on any atom is -0.508 e. The fraction of sp³-hybridized carbons (Fsp3) is 0.360. The molecule has 2 N–H and O–H groups in total. The summed E-state index contributed by atoms with van der Waals surface area (Å²) in [5.74, 6) is -0.595. The molecule has 2 aromatic rings. The van der Waals surface area contributed by atoms with Crippen LogP contribution < -0.4 is 9.47 Å².